The number of aryl methyl sites for hydroxylation is 1. The molecule has 2 atom stereocenters. The van der Waals surface area contributed by atoms with Crippen LogP contribution in [0.3, 0.4) is 0 Å². The predicted molar refractivity (Wildman–Crippen MR) is 82.8 cm³/mol. The second-order valence-electron chi connectivity index (χ2n) is 5.44. The molecule has 0 radical (unpaired) electrons. The topological polar surface area (TPSA) is 67.4 Å². The third-order valence-corrected chi connectivity index (χ3v) is 5.31. The number of hydrogen-bond donors (Lipinski definition) is 2. The summed E-state index contributed by atoms with van der Waals surface area (Å²) in [6.07, 6.45) is 2.64. The molecule has 0 aromatic heterocycles. The van der Waals surface area contributed by atoms with Crippen LogP contribution in [-0.4, -0.2) is 40.8 Å². The first-order valence-electron chi connectivity index (χ1n) is 7.40. The summed E-state index contributed by atoms with van der Waals surface area (Å²) in [5.41, 5.74) is 1.15. The summed E-state index contributed by atoms with van der Waals surface area (Å²) in [5.74, 6) is 0. The smallest absolute Gasteiger partial charge is 0.240 e. The van der Waals surface area contributed by atoms with E-state index in [4.69, 9.17) is 4.74 Å². The highest BCUT2D eigenvalue weighted by Crippen LogP contribution is 2.17. The Hall–Kier alpha value is -0.950. The lowest BCUT2D eigenvalue weighted by atomic mass is 10.1. The molecule has 5 nitrogen and oxygen atoms in total. The molecule has 0 spiro atoms. The molecule has 1 fully saturated rings. The van der Waals surface area contributed by atoms with Crippen LogP contribution in [0.4, 0.5) is 0 Å². The Morgan fingerprint density at radius 1 is 1.29 bits per heavy atom. The molecule has 2 unspecified atom stereocenters. The number of nitrogens with one attached hydrogen (secondary N) is 2. The molecule has 0 bridgehead atoms. The van der Waals surface area contributed by atoms with Gasteiger partial charge in [0, 0.05) is 6.61 Å². The summed E-state index contributed by atoms with van der Waals surface area (Å²) in [4.78, 5) is 0.318. The Labute approximate surface area is 127 Å². The molecule has 0 amide bonds. The van der Waals surface area contributed by atoms with E-state index in [9.17, 15) is 8.42 Å². The second kappa shape index (κ2) is 7.35. The van der Waals surface area contributed by atoms with Gasteiger partial charge in [-0.15, -0.1) is 0 Å². The molecular weight excluding hydrogens is 288 g/mol. The Bertz CT molecular complexity index is 543. The van der Waals surface area contributed by atoms with Crippen LogP contribution in [0.15, 0.2) is 29.2 Å². The molecular formula is C15H24N2O3S. The Morgan fingerprint density at radius 3 is 2.57 bits per heavy atom. The zero-order valence-corrected chi connectivity index (χ0v) is 13.4. The predicted octanol–water partition coefficient (Wildman–Crippen LogP) is 1.29. The lowest BCUT2D eigenvalue weighted by Gasteiger charge is -2.16. The third kappa shape index (κ3) is 4.51. The average Bonchev–Trinajstić information content (AvgIpc) is 2.84. The van der Waals surface area contributed by atoms with Gasteiger partial charge in [-0.05, 0) is 57.5 Å². The van der Waals surface area contributed by atoms with Gasteiger partial charge in [-0.25, -0.2) is 13.1 Å². The van der Waals surface area contributed by atoms with Crippen LogP contribution in [-0.2, 0) is 21.2 Å². The van der Waals surface area contributed by atoms with Crippen LogP contribution in [0.2, 0.25) is 0 Å². The zero-order valence-electron chi connectivity index (χ0n) is 12.6. The van der Waals surface area contributed by atoms with Crippen LogP contribution in [0.5, 0.6) is 0 Å². The fraction of sp³-hybridized carbons (Fsp3) is 0.600. The Balaban J connectivity index is 1.99. The molecule has 1 aromatic carbocycles. The van der Waals surface area contributed by atoms with Gasteiger partial charge in [0.1, 0.15) is 0 Å². The first-order valence-corrected chi connectivity index (χ1v) is 8.89. The van der Waals surface area contributed by atoms with Crippen molar-refractivity contribution in [2.75, 3.05) is 20.2 Å². The third-order valence-electron chi connectivity index (χ3n) is 3.81. The van der Waals surface area contributed by atoms with E-state index in [-0.39, 0.29) is 12.1 Å². The first-order chi connectivity index (χ1) is 10.0. The van der Waals surface area contributed by atoms with E-state index >= 15 is 0 Å². The summed E-state index contributed by atoms with van der Waals surface area (Å²) in [6.45, 7) is 3.46. The highest BCUT2D eigenvalue weighted by molar-refractivity contribution is 7.89. The minimum absolute atomic E-state index is 0.0689. The van der Waals surface area contributed by atoms with Crippen molar-refractivity contribution in [1.29, 1.82) is 0 Å². The second-order valence-corrected chi connectivity index (χ2v) is 7.16. The quantitative estimate of drug-likeness (QED) is 0.745. The van der Waals surface area contributed by atoms with Gasteiger partial charge in [0.15, 0.2) is 0 Å². The Kier molecular flexibility index (Phi) is 5.75. The van der Waals surface area contributed by atoms with Gasteiger partial charge >= 0.3 is 0 Å². The highest BCUT2D eigenvalue weighted by Gasteiger charge is 2.29. The van der Waals surface area contributed by atoms with Crippen LogP contribution in [0, 0.1) is 0 Å². The standard InChI is InChI=1S/C15H24N2O3S/c1-12-15(9-11-20-12)17-21(18,19)14-7-5-13(6-8-14)4-3-10-16-2/h5-8,12,15-17H,3-4,9-11H2,1-2H3. The van der Waals surface area contributed by atoms with Gasteiger partial charge in [0.2, 0.25) is 10.0 Å². The van der Waals surface area contributed by atoms with Gasteiger partial charge in [0.25, 0.3) is 0 Å². The average molecular weight is 312 g/mol. The molecule has 1 aliphatic rings. The first kappa shape index (κ1) is 16.4. The number of hydrogen-bond acceptors (Lipinski definition) is 4. The largest absolute Gasteiger partial charge is 0.377 e. The lowest BCUT2D eigenvalue weighted by Crippen LogP contribution is -2.39. The molecule has 0 saturated carbocycles. The van der Waals surface area contributed by atoms with Crippen LogP contribution in [0.1, 0.15) is 25.3 Å². The number of ether oxygens (including phenoxy) is 1. The van der Waals surface area contributed by atoms with Crippen LogP contribution >= 0.6 is 0 Å². The summed E-state index contributed by atoms with van der Waals surface area (Å²) in [6, 6.07) is 7.00. The summed E-state index contributed by atoms with van der Waals surface area (Å²) in [7, 11) is -1.54. The highest BCUT2D eigenvalue weighted by atomic mass is 32.2. The SMILES string of the molecule is CNCCCc1ccc(S(=O)(=O)NC2CCOC2C)cc1. The normalized spacial score (nSPS) is 22.6. The van der Waals surface area contributed by atoms with Crippen molar-refractivity contribution in [2.24, 2.45) is 0 Å². The van der Waals surface area contributed by atoms with Crippen molar-refractivity contribution in [3.05, 3.63) is 29.8 Å². The van der Waals surface area contributed by atoms with Crippen molar-refractivity contribution in [3.8, 4) is 0 Å². The van der Waals surface area contributed by atoms with E-state index in [0.717, 1.165) is 31.4 Å². The summed E-state index contributed by atoms with van der Waals surface area (Å²) >= 11 is 0. The van der Waals surface area contributed by atoms with Gasteiger partial charge < -0.3 is 10.1 Å². The van der Waals surface area contributed by atoms with Crippen LogP contribution in [0.25, 0.3) is 0 Å². The fourth-order valence-electron chi connectivity index (χ4n) is 2.46. The monoisotopic (exact) mass is 312 g/mol. The van der Waals surface area contributed by atoms with Gasteiger partial charge in [-0.1, -0.05) is 12.1 Å². The van der Waals surface area contributed by atoms with Crippen molar-refractivity contribution in [2.45, 2.75) is 43.2 Å². The molecule has 21 heavy (non-hydrogen) atoms. The minimum Gasteiger partial charge on any atom is -0.377 e. The van der Waals surface area contributed by atoms with E-state index in [1.807, 2.05) is 26.1 Å². The molecule has 118 valence electrons. The number of rotatable bonds is 7. The number of benzene rings is 1. The maximum absolute atomic E-state index is 12.3. The molecule has 1 saturated heterocycles. The van der Waals surface area contributed by atoms with Crippen molar-refractivity contribution >= 4 is 10.0 Å². The van der Waals surface area contributed by atoms with E-state index < -0.39 is 10.0 Å². The molecule has 1 aromatic rings. The van der Waals surface area contributed by atoms with Crippen LogP contribution < -0.4 is 10.0 Å². The van der Waals surface area contributed by atoms with Crippen molar-refractivity contribution < 1.29 is 13.2 Å². The van der Waals surface area contributed by atoms with E-state index in [2.05, 4.69) is 10.0 Å². The zero-order chi connectivity index (χ0) is 15.3. The summed E-state index contributed by atoms with van der Waals surface area (Å²) < 4.78 is 32.8. The number of sulfonamides is 1. The fourth-order valence-corrected chi connectivity index (χ4v) is 3.80. The minimum atomic E-state index is -3.46. The molecule has 2 rings (SSSR count). The molecule has 1 aliphatic heterocycles. The van der Waals surface area contributed by atoms with E-state index in [1.54, 1.807) is 12.1 Å². The lowest BCUT2D eigenvalue weighted by molar-refractivity contribution is 0.117. The van der Waals surface area contributed by atoms with E-state index in [1.165, 1.54) is 0 Å². The maximum Gasteiger partial charge on any atom is 0.240 e. The molecule has 0 aliphatic carbocycles. The van der Waals surface area contributed by atoms with Crippen molar-refractivity contribution in [1.82, 2.24) is 10.0 Å². The van der Waals surface area contributed by atoms with Gasteiger partial charge in [-0.3, -0.25) is 0 Å². The summed E-state index contributed by atoms with van der Waals surface area (Å²) in [5, 5.41) is 3.10. The van der Waals surface area contributed by atoms with Crippen molar-refractivity contribution in [3.63, 3.8) is 0 Å². The molecule has 6 heteroatoms. The molecule has 2 N–H and O–H groups in total. The van der Waals surface area contributed by atoms with E-state index in [0.29, 0.717) is 11.5 Å². The molecule has 1 heterocycles. The Morgan fingerprint density at radius 2 is 2.00 bits per heavy atom. The van der Waals surface area contributed by atoms with Gasteiger partial charge in [0.05, 0.1) is 17.0 Å². The van der Waals surface area contributed by atoms with Gasteiger partial charge in [-0.2, -0.15) is 0 Å². The maximum atomic E-state index is 12.3.